The molecule has 0 saturated carbocycles. The van der Waals surface area contributed by atoms with Crippen LogP contribution < -0.4 is 30.2 Å². The number of amides is 2. The van der Waals surface area contributed by atoms with Gasteiger partial charge in [0.1, 0.15) is 40.7 Å². The average molecular weight is 1120 g/mol. The molecular formula is C61H72FN6O9S2+. The molecule has 1 aliphatic carbocycles. The van der Waals surface area contributed by atoms with E-state index in [1.807, 2.05) is 80.8 Å². The zero-order valence-electron chi connectivity index (χ0n) is 45.9. The van der Waals surface area contributed by atoms with Crippen molar-refractivity contribution in [3.8, 4) is 33.6 Å². The van der Waals surface area contributed by atoms with Crippen LogP contribution in [0.5, 0.6) is 0 Å². The molecule has 2 heterocycles. The molecule has 3 aliphatic rings. The molecule has 418 valence electrons. The van der Waals surface area contributed by atoms with Gasteiger partial charge in [0, 0.05) is 84.6 Å². The van der Waals surface area contributed by atoms with Crippen molar-refractivity contribution < 1.29 is 44.5 Å². The monoisotopic (exact) mass is 1120 g/mol. The Balaban J connectivity index is 0.839. The van der Waals surface area contributed by atoms with Crippen LogP contribution in [0.4, 0.5) is 15.8 Å². The van der Waals surface area contributed by atoms with Crippen molar-refractivity contribution in [2.24, 2.45) is 0 Å². The maximum Gasteiger partial charge on any atom is 0.295 e. The van der Waals surface area contributed by atoms with Gasteiger partial charge in [-0.2, -0.15) is 8.42 Å². The first-order valence-corrected chi connectivity index (χ1v) is 30.1. The van der Waals surface area contributed by atoms with Crippen molar-refractivity contribution in [2.75, 3.05) is 70.1 Å². The molecule has 1 unspecified atom stereocenters. The maximum atomic E-state index is 14.0. The van der Waals surface area contributed by atoms with Gasteiger partial charge in [-0.05, 0) is 162 Å². The van der Waals surface area contributed by atoms with Gasteiger partial charge in [0.25, 0.3) is 10.1 Å². The molecule has 2 aliphatic heterocycles. The number of hydrogen-bond acceptors (Lipinski definition) is 10. The molecule has 0 aromatic heterocycles. The minimum Gasteiger partial charge on any atom is -0.456 e. The minimum atomic E-state index is -4.96. The molecule has 1 atom stereocenters. The minimum absolute atomic E-state index is 0.0178. The molecule has 5 aromatic carbocycles. The topological polar surface area (TPSA) is 191 Å². The van der Waals surface area contributed by atoms with Crippen molar-refractivity contribution in [2.45, 2.75) is 94.6 Å². The summed E-state index contributed by atoms with van der Waals surface area (Å²) in [5.41, 5.74) is 7.41. The normalized spacial score (nSPS) is 14.4. The Labute approximate surface area is 463 Å². The summed E-state index contributed by atoms with van der Waals surface area (Å²) in [6.45, 7) is 12.7. The second kappa shape index (κ2) is 25.5. The molecule has 0 bridgehead atoms. The number of nitrogens with zero attached hydrogens (tertiary/aromatic N) is 3. The quantitative estimate of drug-likeness (QED) is 0.0184. The highest BCUT2D eigenvalue weighted by Crippen LogP contribution is 2.47. The van der Waals surface area contributed by atoms with Crippen LogP contribution in [-0.4, -0.2) is 98.0 Å². The summed E-state index contributed by atoms with van der Waals surface area (Å²) >= 11 is 0. The van der Waals surface area contributed by atoms with Gasteiger partial charge in [-0.1, -0.05) is 48.9 Å². The predicted molar refractivity (Wildman–Crippen MR) is 310 cm³/mol. The van der Waals surface area contributed by atoms with Crippen molar-refractivity contribution in [1.82, 2.24) is 19.5 Å². The fraction of sp³-hybridized carbons (Fsp3) is 0.361. The number of unbranched alkanes of at least 4 members (excludes halogenated alkanes) is 2. The van der Waals surface area contributed by atoms with E-state index in [-0.39, 0.29) is 54.0 Å². The Morgan fingerprint density at radius 3 is 2.22 bits per heavy atom. The first-order valence-electron chi connectivity index (χ1n) is 27.2. The summed E-state index contributed by atoms with van der Waals surface area (Å²) in [5, 5.41) is 7.22. The largest absolute Gasteiger partial charge is 0.456 e. The molecule has 2 amide bonds. The molecule has 0 spiro atoms. The van der Waals surface area contributed by atoms with Crippen LogP contribution in [0.1, 0.15) is 89.3 Å². The first kappa shape index (κ1) is 58.4. The van der Waals surface area contributed by atoms with E-state index in [9.17, 15) is 35.4 Å². The Kier molecular flexibility index (Phi) is 18.9. The summed E-state index contributed by atoms with van der Waals surface area (Å²) in [6, 6.07) is 35.5. The number of halogens is 1. The van der Waals surface area contributed by atoms with Crippen LogP contribution in [-0.2, 0) is 46.7 Å². The number of anilines is 2. The molecular weight excluding hydrogens is 1040 g/mol. The van der Waals surface area contributed by atoms with Gasteiger partial charge < -0.3 is 29.6 Å². The van der Waals surface area contributed by atoms with Crippen LogP contribution in [0.2, 0.25) is 0 Å². The molecule has 79 heavy (non-hydrogen) atoms. The lowest BCUT2D eigenvalue weighted by Crippen LogP contribution is -2.29. The number of benzene rings is 6. The van der Waals surface area contributed by atoms with Crippen LogP contribution >= 0.6 is 0 Å². The smallest absolute Gasteiger partial charge is 0.295 e. The van der Waals surface area contributed by atoms with Crippen LogP contribution in [0, 0.1) is 5.82 Å². The third kappa shape index (κ3) is 13.6. The Hall–Kier alpha value is -6.80. The Bertz CT molecular complexity index is 3600. The van der Waals surface area contributed by atoms with E-state index in [1.54, 1.807) is 12.1 Å². The number of carbonyl (C=O) groups is 2. The molecule has 0 saturated heterocycles. The van der Waals surface area contributed by atoms with E-state index in [4.69, 9.17) is 9.15 Å². The summed E-state index contributed by atoms with van der Waals surface area (Å²) < 4.78 is 96.1. The zero-order valence-corrected chi connectivity index (χ0v) is 47.5. The molecule has 18 heteroatoms. The van der Waals surface area contributed by atoms with Gasteiger partial charge in [0.15, 0.2) is 0 Å². The van der Waals surface area contributed by atoms with E-state index in [0.29, 0.717) is 59.4 Å². The van der Waals surface area contributed by atoms with Gasteiger partial charge in [0.2, 0.25) is 27.2 Å². The van der Waals surface area contributed by atoms with E-state index in [0.717, 1.165) is 90.5 Å². The summed E-state index contributed by atoms with van der Waals surface area (Å²) in [5.74, 6) is -0.309. The standard InChI is InChI=1S/C61H71FN6O9S2/c1-7-67(8-2)48-24-27-51-55(38-48)77-56-39-49(68(9-3)10-4)25-28-52(56)60(51)53-29-26-50(40-57(53)79(73,74)75)78(71,72)64-33-13-11-12-18-58(69)63-34-31-59(70)65-47-17-14-16-42(37-47)43-19-30-54-44(36-43)41-76-61(54,32-15-35-66(5)6)45-20-22-46(62)23-21-45/h14,16-17,19-30,36-40,64H,7-13,15,18,31-35,41H2,1-6H3,(H2-,63,65,69,70,73,74,75)/p+1. The molecule has 5 aromatic rings. The third-order valence-corrected chi connectivity index (χ3v) is 17.1. The zero-order chi connectivity index (χ0) is 56.5. The lowest BCUT2D eigenvalue weighted by Gasteiger charge is -2.31. The Morgan fingerprint density at radius 2 is 1.49 bits per heavy atom. The molecule has 0 fully saturated rings. The summed E-state index contributed by atoms with van der Waals surface area (Å²) in [7, 11) is -5.13. The predicted octanol–water partition coefficient (Wildman–Crippen LogP) is 10.0. The molecule has 4 N–H and O–H groups in total. The second-order valence-corrected chi connectivity index (χ2v) is 23.3. The fourth-order valence-corrected chi connectivity index (χ4v) is 12.5. The lowest BCUT2D eigenvalue weighted by molar-refractivity contribution is -0.121. The number of carbonyl (C=O) groups excluding carboxylic acids is 2. The highest BCUT2D eigenvalue weighted by Gasteiger charge is 2.41. The van der Waals surface area contributed by atoms with Gasteiger partial charge in [-0.25, -0.2) is 22.1 Å². The first-order chi connectivity index (χ1) is 37.9. The van der Waals surface area contributed by atoms with Gasteiger partial charge in [-0.3, -0.25) is 14.1 Å². The van der Waals surface area contributed by atoms with E-state index >= 15 is 0 Å². The highest BCUT2D eigenvalue weighted by atomic mass is 32.2. The van der Waals surface area contributed by atoms with Crippen molar-refractivity contribution >= 4 is 54.3 Å². The maximum absolute atomic E-state index is 14.0. The second-order valence-electron chi connectivity index (χ2n) is 20.2. The number of nitrogens with one attached hydrogen (secondary N) is 3. The third-order valence-electron chi connectivity index (χ3n) is 14.7. The Morgan fingerprint density at radius 1 is 0.747 bits per heavy atom. The van der Waals surface area contributed by atoms with Crippen LogP contribution in [0.15, 0.2) is 136 Å². The molecule has 8 rings (SSSR count). The number of rotatable bonds is 25. The van der Waals surface area contributed by atoms with Crippen LogP contribution in [0.25, 0.3) is 44.5 Å². The summed E-state index contributed by atoms with van der Waals surface area (Å²) in [4.78, 5) is 29.1. The van der Waals surface area contributed by atoms with Crippen molar-refractivity contribution in [3.63, 3.8) is 0 Å². The number of ether oxygens (including phenoxy) is 1. The van der Waals surface area contributed by atoms with E-state index in [1.165, 1.54) is 24.3 Å². The van der Waals surface area contributed by atoms with Crippen LogP contribution in [0.3, 0.4) is 0 Å². The van der Waals surface area contributed by atoms with E-state index < -0.39 is 30.6 Å². The number of fused-ring (bicyclic) bond motifs is 3. The molecule has 0 radical (unpaired) electrons. The van der Waals surface area contributed by atoms with Crippen molar-refractivity contribution in [3.05, 3.63) is 149 Å². The highest BCUT2D eigenvalue weighted by molar-refractivity contribution is 7.89. The van der Waals surface area contributed by atoms with Crippen molar-refractivity contribution in [1.29, 1.82) is 0 Å². The lowest BCUT2D eigenvalue weighted by atomic mass is 9.81. The number of sulfonamides is 1. The average Bonchev–Trinajstić information content (AvgIpc) is 4.09. The number of hydrogen-bond donors (Lipinski definition) is 4. The fourth-order valence-electron chi connectivity index (χ4n) is 10.6. The SMILES string of the molecule is CCN(CC)c1ccc2c(-c3ccc(S(=O)(=O)NCCCCCC(=O)NCCC(=O)Nc4cccc(-c5ccc6c(c5)COC6(CCCN(C)C)c5ccc(F)cc5)c4)cc3S(=O)(=O)O)c3ccc(=[N+](CC)CC)cc-3oc2c1. The summed E-state index contributed by atoms with van der Waals surface area (Å²) in [6.07, 6.45) is 3.22. The van der Waals surface area contributed by atoms with Gasteiger partial charge in [0.05, 0.1) is 17.6 Å². The van der Waals surface area contributed by atoms with Gasteiger partial charge in [-0.15, -0.1) is 0 Å². The molecule has 15 nitrogen and oxygen atoms in total. The van der Waals surface area contributed by atoms with Gasteiger partial charge >= 0.3 is 0 Å². The van der Waals surface area contributed by atoms with E-state index in [2.05, 4.69) is 69.6 Å².